The zero-order valence-electron chi connectivity index (χ0n) is 8.98. The van der Waals surface area contributed by atoms with Crippen LogP contribution >= 0.6 is 0 Å². The van der Waals surface area contributed by atoms with Crippen molar-refractivity contribution in [2.45, 2.75) is 19.5 Å². The van der Waals surface area contributed by atoms with Crippen molar-refractivity contribution in [3.05, 3.63) is 34.4 Å². The fourth-order valence-electron chi connectivity index (χ4n) is 1.43. The second-order valence-electron chi connectivity index (χ2n) is 3.45. The molecule has 0 atom stereocenters. The highest BCUT2D eigenvalue weighted by Crippen LogP contribution is 2.36. The van der Waals surface area contributed by atoms with Crippen molar-refractivity contribution in [1.29, 1.82) is 5.26 Å². The second-order valence-corrected chi connectivity index (χ2v) is 3.45. The smallest absolute Gasteiger partial charge is 0.294 e. The molecule has 96 valence electrons. The molecule has 2 nitrogen and oxygen atoms in total. The van der Waals surface area contributed by atoms with E-state index >= 15 is 0 Å². The average molecular weight is 263 g/mol. The molecule has 18 heavy (non-hydrogen) atoms. The quantitative estimate of drug-likeness (QED) is 0.602. The summed E-state index contributed by atoms with van der Waals surface area (Å²) in [5.41, 5.74) is -3.91. The summed E-state index contributed by atoms with van der Waals surface area (Å²) in [6.07, 6.45) is -8.15. The maximum absolute atomic E-state index is 12.6. The Morgan fingerprint density at radius 3 is 2.22 bits per heavy atom. The lowest BCUT2D eigenvalue weighted by atomic mass is 9.96. The number of nitriles is 1. The first-order valence-corrected chi connectivity index (χ1v) is 4.62. The normalized spacial score (nSPS) is 11.4. The zero-order chi connectivity index (χ0) is 14.1. The molecule has 1 aromatic carbocycles. The number of halogens is 5. The Balaban J connectivity index is 3.64. The first-order chi connectivity index (χ1) is 8.18. The van der Waals surface area contributed by atoms with Gasteiger partial charge in [0.05, 0.1) is 17.2 Å². The molecule has 0 aliphatic carbocycles. The van der Waals surface area contributed by atoms with Gasteiger partial charge in [0.15, 0.2) is 5.78 Å². The number of Topliss-reactive ketones (excluding diaryl/α,β-unsaturated/α-hetero) is 1. The predicted octanol–water partition coefficient (Wildman–Crippen LogP) is 3.72. The average Bonchev–Trinajstić information content (AvgIpc) is 2.25. The summed E-state index contributed by atoms with van der Waals surface area (Å²) < 4.78 is 62.8. The van der Waals surface area contributed by atoms with Crippen LogP contribution in [0, 0.1) is 11.3 Å². The van der Waals surface area contributed by atoms with Crippen LogP contribution in [0.4, 0.5) is 22.0 Å². The van der Waals surface area contributed by atoms with Crippen LogP contribution in [-0.2, 0) is 6.18 Å². The van der Waals surface area contributed by atoms with E-state index in [1.54, 1.807) is 0 Å². The first kappa shape index (κ1) is 14.1. The Morgan fingerprint density at radius 2 is 1.89 bits per heavy atom. The third kappa shape index (κ3) is 2.64. The molecule has 0 aliphatic heterocycles. The third-order valence-electron chi connectivity index (χ3n) is 2.23. The van der Waals surface area contributed by atoms with E-state index < -0.39 is 40.6 Å². The number of hydrogen-bond acceptors (Lipinski definition) is 2. The highest BCUT2D eigenvalue weighted by Gasteiger charge is 2.35. The molecule has 0 aliphatic rings. The summed E-state index contributed by atoms with van der Waals surface area (Å²) in [5, 5.41) is 8.57. The van der Waals surface area contributed by atoms with Gasteiger partial charge < -0.3 is 0 Å². The van der Waals surface area contributed by atoms with E-state index in [1.807, 2.05) is 0 Å². The van der Waals surface area contributed by atoms with Gasteiger partial charge in [-0.3, -0.25) is 4.79 Å². The first-order valence-electron chi connectivity index (χ1n) is 4.62. The van der Waals surface area contributed by atoms with Crippen molar-refractivity contribution in [2.24, 2.45) is 0 Å². The number of ketones is 1. The Hall–Kier alpha value is -1.97. The van der Waals surface area contributed by atoms with E-state index in [0.29, 0.717) is 6.07 Å². The van der Waals surface area contributed by atoms with Crippen molar-refractivity contribution in [3.8, 4) is 6.07 Å². The number of carbonyl (C=O) groups excluding carboxylic acids is 1. The van der Waals surface area contributed by atoms with Crippen LogP contribution in [-0.4, -0.2) is 5.78 Å². The molecule has 1 rings (SSSR count). The van der Waals surface area contributed by atoms with Crippen LogP contribution in [0.1, 0.15) is 40.4 Å². The molecule has 1 aromatic rings. The van der Waals surface area contributed by atoms with Gasteiger partial charge in [-0.2, -0.15) is 18.4 Å². The molecular weight excluding hydrogens is 257 g/mol. The van der Waals surface area contributed by atoms with Gasteiger partial charge in [0.2, 0.25) is 0 Å². The highest BCUT2D eigenvalue weighted by molar-refractivity contribution is 5.96. The van der Waals surface area contributed by atoms with Gasteiger partial charge in [0.1, 0.15) is 0 Å². The Kier molecular flexibility index (Phi) is 3.70. The van der Waals surface area contributed by atoms with E-state index in [-0.39, 0.29) is 6.07 Å². The maximum Gasteiger partial charge on any atom is 0.417 e. The summed E-state index contributed by atoms with van der Waals surface area (Å²) in [5.74, 6) is -0.824. The van der Waals surface area contributed by atoms with Gasteiger partial charge in [-0.05, 0) is 19.1 Å². The van der Waals surface area contributed by atoms with Crippen LogP contribution in [0.3, 0.4) is 0 Å². The molecule has 0 fully saturated rings. The third-order valence-corrected chi connectivity index (χ3v) is 2.23. The number of rotatable bonds is 2. The van der Waals surface area contributed by atoms with Crippen LogP contribution in [0.2, 0.25) is 0 Å². The Labute approximate surface area is 98.6 Å². The summed E-state index contributed by atoms with van der Waals surface area (Å²) in [4.78, 5) is 11.1. The van der Waals surface area contributed by atoms with Crippen molar-refractivity contribution >= 4 is 5.78 Å². The topological polar surface area (TPSA) is 40.9 Å². The molecule has 0 saturated heterocycles. The van der Waals surface area contributed by atoms with E-state index in [2.05, 4.69) is 0 Å². The fraction of sp³-hybridized carbons (Fsp3) is 0.273. The van der Waals surface area contributed by atoms with Gasteiger partial charge in [-0.15, -0.1) is 0 Å². The fourth-order valence-corrected chi connectivity index (χ4v) is 1.43. The van der Waals surface area contributed by atoms with Crippen LogP contribution < -0.4 is 0 Å². The second kappa shape index (κ2) is 4.72. The SMILES string of the molecule is CC(=O)c1cc(C#N)c(C(F)(F)F)cc1C(F)F. The van der Waals surface area contributed by atoms with Gasteiger partial charge in [0, 0.05) is 11.1 Å². The van der Waals surface area contributed by atoms with Gasteiger partial charge in [0.25, 0.3) is 6.43 Å². The molecule has 0 aromatic heterocycles. The van der Waals surface area contributed by atoms with Crippen molar-refractivity contribution in [2.75, 3.05) is 0 Å². The van der Waals surface area contributed by atoms with Gasteiger partial charge in [-0.25, -0.2) is 8.78 Å². The maximum atomic E-state index is 12.6. The van der Waals surface area contributed by atoms with Gasteiger partial charge >= 0.3 is 6.18 Å². The standard InChI is InChI=1S/C11H6F5NO/c1-5(18)7-2-6(4-17)9(11(14,15)16)3-8(7)10(12)13/h2-3,10H,1H3. The molecule has 0 unspecified atom stereocenters. The summed E-state index contributed by atoms with van der Waals surface area (Å²) in [7, 11) is 0. The summed E-state index contributed by atoms with van der Waals surface area (Å²) in [6.45, 7) is 0.940. The number of carbonyl (C=O) groups is 1. The largest absolute Gasteiger partial charge is 0.417 e. The monoisotopic (exact) mass is 263 g/mol. The zero-order valence-corrected chi connectivity index (χ0v) is 8.98. The van der Waals surface area contributed by atoms with E-state index in [1.165, 1.54) is 6.07 Å². The van der Waals surface area contributed by atoms with Crippen molar-refractivity contribution in [3.63, 3.8) is 0 Å². The number of alkyl halides is 5. The molecule has 0 amide bonds. The Bertz CT molecular complexity index is 527. The van der Waals surface area contributed by atoms with Gasteiger partial charge in [-0.1, -0.05) is 0 Å². The number of benzene rings is 1. The van der Waals surface area contributed by atoms with Crippen molar-refractivity contribution in [1.82, 2.24) is 0 Å². The summed E-state index contributed by atoms with van der Waals surface area (Å²) in [6, 6.07) is 1.95. The van der Waals surface area contributed by atoms with E-state index in [0.717, 1.165) is 6.92 Å². The molecule has 0 radical (unpaired) electrons. The molecule has 0 N–H and O–H groups in total. The lowest BCUT2D eigenvalue weighted by Gasteiger charge is -2.13. The molecule has 0 heterocycles. The number of nitrogens with zero attached hydrogens (tertiary/aromatic N) is 1. The highest BCUT2D eigenvalue weighted by atomic mass is 19.4. The minimum atomic E-state index is -4.93. The molecule has 0 bridgehead atoms. The van der Waals surface area contributed by atoms with Crippen molar-refractivity contribution < 1.29 is 26.7 Å². The van der Waals surface area contributed by atoms with E-state index in [9.17, 15) is 26.7 Å². The molecular formula is C11H6F5NO. The predicted molar refractivity (Wildman–Crippen MR) is 51.1 cm³/mol. The molecule has 0 saturated carbocycles. The number of hydrogen-bond donors (Lipinski definition) is 0. The molecule has 0 spiro atoms. The Morgan fingerprint density at radius 1 is 1.33 bits per heavy atom. The lowest BCUT2D eigenvalue weighted by molar-refractivity contribution is -0.137. The van der Waals surface area contributed by atoms with Crippen LogP contribution in [0.5, 0.6) is 0 Å². The van der Waals surface area contributed by atoms with Crippen LogP contribution in [0.25, 0.3) is 0 Å². The van der Waals surface area contributed by atoms with Crippen LogP contribution in [0.15, 0.2) is 12.1 Å². The summed E-state index contributed by atoms with van der Waals surface area (Å²) >= 11 is 0. The van der Waals surface area contributed by atoms with E-state index in [4.69, 9.17) is 5.26 Å². The minimum absolute atomic E-state index is 0.153. The molecule has 7 heteroatoms. The lowest BCUT2D eigenvalue weighted by Crippen LogP contribution is -2.12. The minimum Gasteiger partial charge on any atom is -0.294 e.